The molecule has 2 aliphatic carbocycles. The molecule has 6 bridgehead atoms. The van der Waals surface area contributed by atoms with Crippen LogP contribution in [-0.4, -0.2) is 34.4 Å². The summed E-state index contributed by atoms with van der Waals surface area (Å²) >= 11 is 0. The molecule has 0 saturated carbocycles. The summed E-state index contributed by atoms with van der Waals surface area (Å²) in [5.41, 5.74) is 16.5. The Bertz CT molecular complexity index is 1640. The smallest absolute Gasteiger partial charge is 0.748 e. The fourth-order valence-electron chi connectivity index (χ4n) is 6.99. The first-order valence-electron chi connectivity index (χ1n) is 14.2. The quantitative estimate of drug-likeness (QED) is 0.111. The molecule has 4 aliphatic heterocycles. The van der Waals surface area contributed by atoms with Crippen molar-refractivity contribution in [1.82, 2.24) is 0 Å². The molecule has 11 heteroatoms. The van der Waals surface area contributed by atoms with Gasteiger partial charge in [-0.25, -0.2) is 13.4 Å². The molecule has 9 rings (SSSR count). The third-order valence-electron chi connectivity index (χ3n) is 8.94. The van der Waals surface area contributed by atoms with Crippen molar-refractivity contribution in [2.45, 2.75) is 55.6 Å². The summed E-state index contributed by atoms with van der Waals surface area (Å²) in [5.74, 6) is -0.281. The minimum Gasteiger partial charge on any atom is -0.748 e. The van der Waals surface area contributed by atoms with Gasteiger partial charge in [-0.15, -0.1) is 0 Å². The van der Waals surface area contributed by atoms with E-state index in [9.17, 15) is 23.2 Å². The van der Waals surface area contributed by atoms with Crippen molar-refractivity contribution in [3.05, 3.63) is 106 Å². The Labute approximate surface area is 273 Å². The second kappa shape index (κ2) is 12.6. The number of nitrogens with zero attached hydrogens (tertiary/aromatic N) is 1. The number of aliphatic imine (C=N–C) groups is 1. The molecule has 9 nitrogen and oxygen atoms in total. The summed E-state index contributed by atoms with van der Waals surface area (Å²) in [6, 6.07) is 19.5. The number of benzene rings is 3. The van der Waals surface area contributed by atoms with Gasteiger partial charge in [0, 0.05) is 5.56 Å². The zero-order valence-electron chi connectivity index (χ0n) is 24.0. The van der Waals surface area contributed by atoms with Crippen LogP contribution >= 0.6 is 0 Å². The third-order valence-corrected chi connectivity index (χ3v) is 10.2. The number of aliphatic hydroxyl groups is 1. The Morgan fingerprint density at radius 1 is 1.00 bits per heavy atom. The standard InChI is InChI=1S/C32H35N3O6S.Na/c33-32(34)35-31-22-8-13-26-20(15-22)4-5-21-16-23(30(37)19-6-9-24(36)10-7-19)17-27(29(21)26)28(42(38,39)40)14-3-18-1-11-25(41-31)12-2-18;/h1-2,6-13,15,17,21,27-31,36-37H,3-5,14,16H2,(H4,33,34,35)(H,38,39,40);/q;+1/p-1/t21-,27+,28-,29+,30+,31+;/m1./s1. The van der Waals surface area contributed by atoms with Crippen LogP contribution in [-0.2, 0) is 23.0 Å². The first-order valence-corrected chi connectivity index (χ1v) is 15.6. The average Bonchev–Trinajstić information content (AvgIpc) is 2.96. The van der Waals surface area contributed by atoms with E-state index < -0.39 is 33.6 Å². The Morgan fingerprint density at radius 2 is 1.72 bits per heavy atom. The Balaban J connectivity index is 0.00000368. The molecule has 4 heterocycles. The Morgan fingerprint density at radius 3 is 2.40 bits per heavy atom. The maximum atomic E-state index is 13.0. The van der Waals surface area contributed by atoms with Gasteiger partial charge in [0.25, 0.3) is 0 Å². The number of phenols is 1. The van der Waals surface area contributed by atoms with Crippen LogP contribution in [0.3, 0.4) is 0 Å². The molecule has 43 heavy (non-hydrogen) atoms. The van der Waals surface area contributed by atoms with Gasteiger partial charge in [-0.2, -0.15) is 0 Å². The summed E-state index contributed by atoms with van der Waals surface area (Å²) < 4.78 is 45.0. The van der Waals surface area contributed by atoms with Gasteiger partial charge in [0.2, 0.25) is 6.23 Å². The minimum atomic E-state index is -4.71. The van der Waals surface area contributed by atoms with E-state index in [1.807, 2.05) is 36.4 Å². The summed E-state index contributed by atoms with van der Waals surface area (Å²) in [6.07, 6.45) is 2.68. The summed E-state index contributed by atoms with van der Waals surface area (Å²) in [6.45, 7) is 0. The first-order chi connectivity index (χ1) is 20.1. The maximum Gasteiger partial charge on any atom is 1.00 e. The van der Waals surface area contributed by atoms with E-state index in [2.05, 4.69) is 4.99 Å². The van der Waals surface area contributed by atoms with Crippen LogP contribution in [0.5, 0.6) is 11.5 Å². The number of hydrogen-bond acceptors (Lipinski definition) is 7. The van der Waals surface area contributed by atoms with E-state index in [1.54, 1.807) is 24.3 Å². The largest absolute Gasteiger partial charge is 1.00 e. The fraction of sp³-hybridized carbons (Fsp3) is 0.344. The number of phenolic OH excluding ortho intramolecular Hbond substituents is 1. The first kappa shape index (κ1) is 31.6. The molecule has 0 fully saturated rings. The van der Waals surface area contributed by atoms with Crippen LogP contribution in [0.2, 0.25) is 0 Å². The van der Waals surface area contributed by atoms with E-state index in [-0.39, 0.29) is 59.5 Å². The van der Waals surface area contributed by atoms with E-state index in [1.165, 1.54) is 12.1 Å². The molecule has 0 radical (unpaired) electrons. The number of aliphatic hydroxyl groups excluding tert-OH is 1. The van der Waals surface area contributed by atoms with Crippen LogP contribution in [0.4, 0.5) is 0 Å². The van der Waals surface area contributed by atoms with Crippen LogP contribution in [0.25, 0.3) is 0 Å². The number of guanidine groups is 1. The van der Waals surface area contributed by atoms with Crippen LogP contribution < -0.4 is 45.8 Å². The molecule has 6 atom stereocenters. The molecule has 220 valence electrons. The molecule has 0 unspecified atom stereocenters. The SMILES string of the molecule is NC(N)=N[C@H]1Oc2ccc(cc2)CC[C@@H](S(=O)(=O)[O-])[C@@H]2C=C([C@@H](O)c3ccc(O)cc3)C[C@H]3CCc4cc1ccc4[C@H]32.[Na+]. The van der Waals surface area contributed by atoms with Gasteiger partial charge in [-0.1, -0.05) is 42.5 Å². The molecule has 0 aromatic heterocycles. The van der Waals surface area contributed by atoms with E-state index in [0.29, 0.717) is 29.7 Å². The molecule has 3 aromatic carbocycles. The average molecular weight is 612 g/mol. The van der Waals surface area contributed by atoms with Gasteiger partial charge in [-0.05, 0) is 108 Å². The number of ether oxygens (including phenoxy) is 1. The molecule has 0 amide bonds. The van der Waals surface area contributed by atoms with Gasteiger partial charge < -0.3 is 31.0 Å². The van der Waals surface area contributed by atoms with E-state index in [4.69, 9.17) is 16.2 Å². The second-order valence-electron chi connectivity index (χ2n) is 11.5. The normalized spacial score (nSPS) is 25.3. The molecular weight excluding hydrogens is 577 g/mol. The molecule has 6 aliphatic rings. The number of rotatable bonds is 4. The molecule has 3 aromatic rings. The predicted molar refractivity (Wildman–Crippen MR) is 158 cm³/mol. The number of allylic oxidation sites excluding steroid dienone is 1. The van der Waals surface area contributed by atoms with Crippen LogP contribution in [0.15, 0.2) is 83.4 Å². The van der Waals surface area contributed by atoms with Crippen molar-refractivity contribution in [2.24, 2.45) is 28.3 Å². The maximum absolute atomic E-state index is 13.0. The van der Waals surface area contributed by atoms with Crippen molar-refractivity contribution in [3.63, 3.8) is 0 Å². The zero-order chi connectivity index (χ0) is 29.6. The predicted octanol–water partition coefficient (Wildman–Crippen LogP) is 0.933. The van der Waals surface area contributed by atoms with Crippen LogP contribution in [0, 0.1) is 11.8 Å². The number of aryl methyl sites for hydroxylation is 2. The van der Waals surface area contributed by atoms with Crippen molar-refractivity contribution in [1.29, 1.82) is 0 Å². The summed E-state index contributed by atoms with van der Waals surface area (Å²) in [4.78, 5) is 4.33. The summed E-state index contributed by atoms with van der Waals surface area (Å²) in [7, 11) is -4.71. The molecule has 0 saturated heterocycles. The fourth-order valence-corrected chi connectivity index (χ4v) is 8.03. The topological polar surface area (TPSA) is 171 Å². The minimum absolute atomic E-state index is 0. The van der Waals surface area contributed by atoms with Crippen LogP contribution in [0.1, 0.15) is 65.3 Å². The van der Waals surface area contributed by atoms with Crippen molar-refractivity contribution < 1.29 is 57.5 Å². The third kappa shape index (κ3) is 6.64. The van der Waals surface area contributed by atoms with Crippen molar-refractivity contribution in [3.8, 4) is 11.5 Å². The zero-order valence-corrected chi connectivity index (χ0v) is 26.8. The van der Waals surface area contributed by atoms with Gasteiger partial charge in [0.15, 0.2) is 5.96 Å². The Kier molecular flexibility index (Phi) is 9.27. The molecular formula is C32H34N3NaO6S. The number of nitrogens with two attached hydrogens (primary N) is 2. The van der Waals surface area contributed by atoms with Gasteiger partial charge >= 0.3 is 29.6 Å². The Hall–Kier alpha value is -2.86. The molecule has 6 N–H and O–H groups in total. The number of hydrogen-bond donors (Lipinski definition) is 4. The second-order valence-corrected chi connectivity index (χ2v) is 13.1. The van der Waals surface area contributed by atoms with Gasteiger partial charge in [-0.3, -0.25) is 0 Å². The molecule has 0 spiro atoms. The van der Waals surface area contributed by atoms with Crippen molar-refractivity contribution >= 4 is 16.1 Å². The summed E-state index contributed by atoms with van der Waals surface area (Å²) in [5, 5.41) is 19.9. The van der Waals surface area contributed by atoms with Crippen molar-refractivity contribution in [2.75, 3.05) is 0 Å². The number of aromatic hydroxyl groups is 1. The van der Waals surface area contributed by atoms with E-state index >= 15 is 0 Å². The monoisotopic (exact) mass is 611 g/mol. The van der Waals surface area contributed by atoms with Gasteiger partial charge in [0.1, 0.15) is 17.6 Å². The van der Waals surface area contributed by atoms with E-state index in [0.717, 1.165) is 35.1 Å². The van der Waals surface area contributed by atoms with Gasteiger partial charge in [0.05, 0.1) is 15.4 Å².